The summed E-state index contributed by atoms with van der Waals surface area (Å²) < 4.78 is 1.50. The molecule has 0 fully saturated rings. The van der Waals surface area contributed by atoms with E-state index < -0.39 is 0 Å². The van der Waals surface area contributed by atoms with Crippen molar-refractivity contribution in [2.45, 2.75) is 31.7 Å². The average molecular weight is 288 g/mol. The van der Waals surface area contributed by atoms with Crippen LogP contribution in [0, 0.1) is 18.3 Å². The molecule has 104 valence electrons. The van der Waals surface area contributed by atoms with Gasteiger partial charge in [-0.15, -0.1) is 11.8 Å². The van der Waals surface area contributed by atoms with Gasteiger partial charge in [0, 0.05) is 17.7 Å². The number of nitrogens with two attached hydrogens (primary N) is 1. The molecule has 20 heavy (non-hydrogen) atoms. The van der Waals surface area contributed by atoms with Gasteiger partial charge in [-0.05, 0) is 13.2 Å². The summed E-state index contributed by atoms with van der Waals surface area (Å²) in [5.74, 6) is 1.85. The summed E-state index contributed by atoms with van der Waals surface area (Å²) in [5.41, 5.74) is 7.24. The molecule has 0 bridgehead atoms. The van der Waals surface area contributed by atoms with Gasteiger partial charge >= 0.3 is 0 Å². The van der Waals surface area contributed by atoms with E-state index >= 15 is 0 Å². The van der Waals surface area contributed by atoms with Gasteiger partial charge in [0.2, 0.25) is 0 Å². The van der Waals surface area contributed by atoms with Gasteiger partial charge in [-0.25, -0.2) is 9.97 Å². The summed E-state index contributed by atoms with van der Waals surface area (Å²) in [6.45, 7) is 5.95. The molecule has 6 nitrogen and oxygen atoms in total. The van der Waals surface area contributed by atoms with E-state index in [9.17, 15) is 0 Å². The number of aryl methyl sites for hydroxylation is 1. The Morgan fingerprint density at radius 3 is 2.60 bits per heavy atom. The fraction of sp³-hybridized carbons (Fsp3) is 0.385. The normalized spacial score (nSPS) is 10.8. The molecule has 2 aromatic rings. The lowest BCUT2D eigenvalue weighted by Gasteiger charge is -2.09. The molecule has 0 unspecified atom stereocenters. The molecule has 0 atom stereocenters. The summed E-state index contributed by atoms with van der Waals surface area (Å²) in [7, 11) is 0. The number of nitrogen functional groups attached to an aromatic ring is 1. The minimum absolute atomic E-state index is 0.209. The van der Waals surface area contributed by atoms with Gasteiger partial charge < -0.3 is 5.73 Å². The molecule has 2 aromatic heterocycles. The summed E-state index contributed by atoms with van der Waals surface area (Å²) >= 11 is 1.39. The van der Waals surface area contributed by atoms with Crippen LogP contribution in [0.15, 0.2) is 11.1 Å². The lowest BCUT2D eigenvalue weighted by atomic mass is 10.2. The van der Waals surface area contributed by atoms with Crippen LogP contribution < -0.4 is 5.73 Å². The maximum atomic E-state index is 9.16. The topological polar surface area (TPSA) is 93.4 Å². The zero-order chi connectivity index (χ0) is 14.9. The zero-order valence-electron chi connectivity index (χ0n) is 11.9. The second-order valence-corrected chi connectivity index (χ2v) is 5.47. The van der Waals surface area contributed by atoms with Crippen LogP contribution in [-0.4, -0.2) is 26.0 Å². The molecule has 2 N–H and O–H groups in total. The lowest BCUT2D eigenvalue weighted by molar-refractivity contribution is 0.734. The minimum atomic E-state index is 0.209. The molecule has 0 saturated heterocycles. The lowest BCUT2D eigenvalue weighted by Crippen LogP contribution is -2.09. The van der Waals surface area contributed by atoms with E-state index in [1.165, 1.54) is 16.4 Å². The molecule has 0 aliphatic rings. The highest BCUT2D eigenvalue weighted by atomic mass is 32.2. The van der Waals surface area contributed by atoms with Crippen LogP contribution in [-0.2, 0) is 0 Å². The third-order valence-corrected chi connectivity index (χ3v) is 3.46. The Morgan fingerprint density at radius 2 is 2.10 bits per heavy atom. The molecule has 2 heterocycles. The predicted octanol–water partition coefficient (Wildman–Crippen LogP) is 2.27. The first-order chi connectivity index (χ1) is 9.47. The van der Waals surface area contributed by atoms with Crippen LogP contribution in [0.4, 0.5) is 5.82 Å². The number of aromatic nitrogens is 4. The first-order valence-corrected chi connectivity index (χ1v) is 7.39. The standard InChI is InChI=1S/C13H16N6S/c1-7(2)12-16-8(3)5-10(17-12)19-11(15)9(6-14)13(18-19)20-4/h5,7H,15H2,1-4H3. The molecule has 0 spiro atoms. The fourth-order valence-electron chi connectivity index (χ4n) is 1.77. The largest absolute Gasteiger partial charge is 0.382 e. The average Bonchev–Trinajstić information content (AvgIpc) is 2.74. The molecule has 0 amide bonds. The van der Waals surface area contributed by atoms with E-state index in [1.807, 2.05) is 27.0 Å². The first-order valence-electron chi connectivity index (χ1n) is 6.16. The number of nitriles is 1. The minimum Gasteiger partial charge on any atom is -0.382 e. The van der Waals surface area contributed by atoms with E-state index in [1.54, 1.807) is 6.07 Å². The van der Waals surface area contributed by atoms with Gasteiger partial charge in [0.1, 0.15) is 28.3 Å². The fourth-order valence-corrected chi connectivity index (χ4v) is 2.29. The Kier molecular flexibility index (Phi) is 3.95. The van der Waals surface area contributed by atoms with Crippen molar-refractivity contribution in [1.29, 1.82) is 5.26 Å². The van der Waals surface area contributed by atoms with E-state index in [0.717, 1.165) is 11.5 Å². The molecule has 0 aromatic carbocycles. The SMILES string of the molecule is CSc1nn(-c2cc(C)nc(C(C)C)n2)c(N)c1C#N. The van der Waals surface area contributed by atoms with Gasteiger partial charge in [0.15, 0.2) is 5.82 Å². The number of anilines is 1. The third kappa shape index (κ3) is 2.47. The Labute approximate surface area is 122 Å². The van der Waals surface area contributed by atoms with Crippen molar-refractivity contribution in [2.24, 2.45) is 0 Å². The van der Waals surface area contributed by atoms with Gasteiger partial charge in [-0.3, -0.25) is 0 Å². The van der Waals surface area contributed by atoms with Crippen molar-refractivity contribution in [1.82, 2.24) is 19.7 Å². The van der Waals surface area contributed by atoms with Crippen molar-refractivity contribution in [3.63, 3.8) is 0 Å². The molecule has 7 heteroatoms. The monoisotopic (exact) mass is 288 g/mol. The van der Waals surface area contributed by atoms with Crippen LogP contribution in [0.2, 0.25) is 0 Å². The van der Waals surface area contributed by atoms with Crippen LogP contribution >= 0.6 is 11.8 Å². The summed E-state index contributed by atoms with van der Waals surface area (Å²) in [6.07, 6.45) is 1.86. The summed E-state index contributed by atoms with van der Waals surface area (Å²) in [4.78, 5) is 8.87. The molecule has 0 saturated carbocycles. The second-order valence-electron chi connectivity index (χ2n) is 4.67. The van der Waals surface area contributed by atoms with E-state index in [4.69, 9.17) is 11.0 Å². The van der Waals surface area contributed by atoms with E-state index in [-0.39, 0.29) is 5.92 Å². The Morgan fingerprint density at radius 1 is 1.40 bits per heavy atom. The highest BCUT2D eigenvalue weighted by molar-refractivity contribution is 7.98. The van der Waals surface area contributed by atoms with Gasteiger partial charge in [-0.1, -0.05) is 13.8 Å². The van der Waals surface area contributed by atoms with Crippen LogP contribution in [0.5, 0.6) is 0 Å². The number of nitrogens with zero attached hydrogens (tertiary/aromatic N) is 5. The Hall–Kier alpha value is -2.07. The second kappa shape index (κ2) is 5.51. The highest BCUT2D eigenvalue weighted by Gasteiger charge is 2.17. The van der Waals surface area contributed by atoms with E-state index in [0.29, 0.717) is 22.2 Å². The molecule has 0 radical (unpaired) electrons. The highest BCUT2D eigenvalue weighted by Crippen LogP contribution is 2.26. The molecular weight excluding hydrogens is 272 g/mol. The van der Waals surface area contributed by atoms with Crippen LogP contribution in [0.3, 0.4) is 0 Å². The van der Waals surface area contributed by atoms with Crippen molar-refractivity contribution in [3.05, 3.63) is 23.1 Å². The molecule has 0 aliphatic carbocycles. The smallest absolute Gasteiger partial charge is 0.159 e. The van der Waals surface area contributed by atoms with Gasteiger partial charge in [0.25, 0.3) is 0 Å². The third-order valence-electron chi connectivity index (χ3n) is 2.79. The quantitative estimate of drug-likeness (QED) is 0.871. The molecule has 2 rings (SSSR count). The maximum absolute atomic E-state index is 9.16. The predicted molar refractivity (Wildman–Crippen MR) is 78.9 cm³/mol. The maximum Gasteiger partial charge on any atom is 0.159 e. The van der Waals surface area contributed by atoms with Crippen LogP contribution in [0.1, 0.15) is 36.8 Å². The number of hydrogen-bond donors (Lipinski definition) is 1. The first kappa shape index (κ1) is 14.3. The van der Waals surface area contributed by atoms with E-state index in [2.05, 4.69) is 21.1 Å². The van der Waals surface area contributed by atoms with Crippen molar-refractivity contribution in [3.8, 4) is 11.9 Å². The zero-order valence-corrected chi connectivity index (χ0v) is 12.7. The van der Waals surface area contributed by atoms with Crippen molar-refractivity contribution >= 4 is 17.6 Å². The summed E-state index contributed by atoms with van der Waals surface area (Å²) in [5, 5.41) is 14.1. The van der Waals surface area contributed by atoms with Gasteiger partial charge in [-0.2, -0.15) is 15.0 Å². The van der Waals surface area contributed by atoms with Crippen molar-refractivity contribution < 1.29 is 0 Å². The molecule has 0 aliphatic heterocycles. The number of hydrogen-bond acceptors (Lipinski definition) is 6. The number of thioether (sulfide) groups is 1. The summed E-state index contributed by atoms with van der Waals surface area (Å²) in [6, 6.07) is 3.89. The Balaban J connectivity index is 2.63. The van der Waals surface area contributed by atoms with Crippen LogP contribution in [0.25, 0.3) is 5.82 Å². The Bertz CT molecular complexity index is 683. The van der Waals surface area contributed by atoms with Crippen molar-refractivity contribution in [2.75, 3.05) is 12.0 Å². The molecular formula is C13H16N6S. The number of rotatable bonds is 3. The van der Waals surface area contributed by atoms with Gasteiger partial charge in [0.05, 0.1) is 0 Å².